The van der Waals surface area contributed by atoms with Crippen molar-refractivity contribution in [1.29, 1.82) is 0 Å². The second kappa shape index (κ2) is 13.0. The first-order valence-corrected chi connectivity index (χ1v) is 15.4. The largest absolute Gasteiger partial charge is 0.496 e. The van der Waals surface area contributed by atoms with E-state index in [0.29, 0.717) is 50.2 Å². The monoisotopic (exact) mass is 593 g/mol. The molecule has 1 aliphatic carbocycles. The maximum absolute atomic E-state index is 13.0. The molecular weight excluding hydrogens is 555 g/mol. The fourth-order valence-electron chi connectivity index (χ4n) is 6.32. The second-order valence-electron chi connectivity index (χ2n) is 11.3. The van der Waals surface area contributed by atoms with Crippen LogP contribution in [-0.4, -0.2) is 90.7 Å². The standard InChI is InChI=1S/C29H38F3N5O3S/c1-40-25-10-9-22(21-7-3-2-4-8-21)16-23(25)24-19-41-27(33-24)34-28(39)36-14-12-35(13-15-36)17-20-6-5-11-37(18-20)26(38)29(30,31)32/h9-10,16,19-21H,2-8,11-15,17-18H2,1H3,(H,33,34,39)/t20-/m0/s1. The normalized spacial score (nSPS) is 21.1. The number of carbonyl (C=O) groups is 2. The Hall–Kier alpha value is -2.86. The number of aromatic nitrogens is 1. The van der Waals surface area contributed by atoms with Crippen molar-refractivity contribution >= 4 is 28.4 Å². The SMILES string of the molecule is COc1ccc(C2CCCCC2)cc1-c1csc(NC(=O)N2CCN(C[C@@H]3CCCN(C(=O)C(F)(F)F)C3)CC2)n1. The van der Waals surface area contributed by atoms with Crippen LogP contribution in [0.2, 0.25) is 0 Å². The van der Waals surface area contributed by atoms with Crippen LogP contribution in [0.5, 0.6) is 5.75 Å². The van der Waals surface area contributed by atoms with E-state index in [-0.39, 0.29) is 25.0 Å². The number of likely N-dealkylation sites (tertiary alicyclic amines) is 1. The van der Waals surface area contributed by atoms with E-state index in [9.17, 15) is 22.8 Å². The van der Waals surface area contributed by atoms with Crippen LogP contribution in [-0.2, 0) is 4.79 Å². The smallest absolute Gasteiger partial charge is 0.471 e. The van der Waals surface area contributed by atoms with Crippen molar-refractivity contribution < 1.29 is 27.5 Å². The summed E-state index contributed by atoms with van der Waals surface area (Å²) < 4.78 is 44.2. The zero-order chi connectivity index (χ0) is 29.0. The van der Waals surface area contributed by atoms with Crippen LogP contribution in [0.25, 0.3) is 11.3 Å². The Balaban J connectivity index is 1.13. The van der Waals surface area contributed by atoms with Gasteiger partial charge in [-0.15, -0.1) is 11.3 Å². The van der Waals surface area contributed by atoms with Crippen molar-refractivity contribution in [3.63, 3.8) is 0 Å². The number of nitrogens with zero attached hydrogens (tertiary/aromatic N) is 4. The molecule has 8 nitrogen and oxygen atoms in total. The molecule has 41 heavy (non-hydrogen) atoms. The molecule has 0 radical (unpaired) electrons. The Morgan fingerprint density at radius 1 is 1.02 bits per heavy atom. The number of nitrogens with one attached hydrogen (secondary N) is 1. The second-order valence-corrected chi connectivity index (χ2v) is 12.2. The van der Waals surface area contributed by atoms with E-state index in [0.717, 1.165) is 28.3 Å². The number of carbonyl (C=O) groups excluding carboxylic acids is 2. The molecular formula is C29H38F3N5O3S. The van der Waals surface area contributed by atoms with Crippen LogP contribution in [0.1, 0.15) is 56.4 Å². The van der Waals surface area contributed by atoms with Gasteiger partial charge in [0.15, 0.2) is 5.13 Å². The van der Waals surface area contributed by atoms with Crippen LogP contribution in [0.15, 0.2) is 23.6 Å². The van der Waals surface area contributed by atoms with Gasteiger partial charge in [-0.1, -0.05) is 25.3 Å². The Morgan fingerprint density at radius 3 is 2.49 bits per heavy atom. The van der Waals surface area contributed by atoms with Crippen molar-refractivity contribution in [2.24, 2.45) is 5.92 Å². The van der Waals surface area contributed by atoms with Gasteiger partial charge in [-0.05, 0) is 55.2 Å². The molecule has 2 aromatic rings. The minimum absolute atomic E-state index is 0.00206. The molecule has 1 N–H and O–H groups in total. The number of methoxy groups -OCH3 is 1. The highest BCUT2D eigenvalue weighted by Crippen LogP contribution is 2.38. The van der Waals surface area contributed by atoms with Crippen LogP contribution in [0, 0.1) is 5.92 Å². The van der Waals surface area contributed by atoms with Gasteiger partial charge in [0.2, 0.25) is 0 Å². The van der Waals surface area contributed by atoms with E-state index >= 15 is 0 Å². The van der Waals surface area contributed by atoms with E-state index in [1.54, 1.807) is 12.0 Å². The van der Waals surface area contributed by atoms with Crippen LogP contribution in [0.4, 0.5) is 23.1 Å². The molecule has 5 rings (SSSR count). The zero-order valence-corrected chi connectivity index (χ0v) is 24.2. The summed E-state index contributed by atoms with van der Waals surface area (Å²) in [5, 5.41) is 5.39. The summed E-state index contributed by atoms with van der Waals surface area (Å²) in [6.45, 7) is 3.18. The topological polar surface area (TPSA) is 78.0 Å². The number of urea groups is 1. The zero-order valence-electron chi connectivity index (χ0n) is 23.4. The Morgan fingerprint density at radius 2 is 1.78 bits per heavy atom. The first-order valence-electron chi connectivity index (χ1n) is 14.5. The molecule has 1 saturated carbocycles. The average Bonchev–Trinajstić information content (AvgIpc) is 3.45. The minimum Gasteiger partial charge on any atom is -0.496 e. The van der Waals surface area contributed by atoms with Gasteiger partial charge in [-0.25, -0.2) is 9.78 Å². The molecule has 3 fully saturated rings. The predicted molar refractivity (Wildman–Crippen MR) is 152 cm³/mol. The number of piperidine rings is 1. The number of alkyl halides is 3. The van der Waals surface area contributed by atoms with Gasteiger partial charge < -0.3 is 14.5 Å². The predicted octanol–water partition coefficient (Wildman–Crippen LogP) is 5.82. The van der Waals surface area contributed by atoms with E-state index in [1.807, 2.05) is 11.4 Å². The summed E-state index contributed by atoms with van der Waals surface area (Å²) >= 11 is 1.38. The summed E-state index contributed by atoms with van der Waals surface area (Å²) in [4.78, 5) is 34.2. The lowest BCUT2D eigenvalue weighted by Gasteiger charge is -2.39. The van der Waals surface area contributed by atoms with Crippen molar-refractivity contribution in [2.75, 3.05) is 58.2 Å². The summed E-state index contributed by atoms with van der Waals surface area (Å²) in [5.74, 6) is -0.431. The van der Waals surface area contributed by atoms with E-state index < -0.39 is 12.1 Å². The van der Waals surface area contributed by atoms with Crippen LogP contribution >= 0.6 is 11.3 Å². The third-order valence-corrected chi connectivity index (χ3v) is 9.28. The third kappa shape index (κ3) is 7.32. The first-order chi connectivity index (χ1) is 19.7. The lowest BCUT2D eigenvalue weighted by Crippen LogP contribution is -2.53. The Bertz CT molecular complexity index is 1210. The van der Waals surface area contributed by atoms with Gasteiger partial charge in [0.1, 0.15) is 5.75 Å². The number of thiazole rings is 1. The molecule has 224 valence electrons. The summed E-state index contributed by atoms with van der Waals surface area (Å²) in [6, 6.07) is 6.13. The number of hydrogen-bond donors (Lipinski definition) is 1. The molecule has 1 aromatic carbocycles. The summed E-state index contributed by atoms with van der Waals surface area (Å²) in [6.07, 6.45) is 2.76. The van der Waals surface area contributed by atoms with Crippen molar-refractivity contribution in [2.45, 2.75) is 57.0 Å². The van der Waals surface area contributed by atoms with Gasteiger partial charge in [0.05, 0.1) is 12.8 Å². The maximum Gasteiger partial charge on any atom is 0.471 e. The fourth-order valence-corrected chi connectivity index (χ4v) is 7.02. The molecule has 0 bridgehead atoms. The Kier molecular flexibility index (Phi) is 9.38. The number of hydrogen-bond acceptors (Lipinski definition) is 6. The molecule has 2 aliphatic heterocycles. The third-order valence-electron chi connectivity index (χ3n) is 8.52. The van der Waals surface area contributed by atoms with Gasteiger partial charge >= 0.3 is 18.1 Å². The molecule has 0 spiro atoms. The van der Waals surface area contributed by atoms with E-state index in [4.69, 9.17) is 9.72 Å². The molecule has 0 unspecified atom stereocenters. The molecule has 3 amide bonds. The molecule has 1 atom stereocenters. The first kappa shape index (κ1) is 29.6. The average molecular weight is 594 g/mol. The number of piperazine rings is 1. The number of halogens is 3. The van der Waals surface area contributed by atoms with E-state index in [2.05, 4.69) is 22.3 Å². The lowest BCUT2D eigenvalue weighted by molar-refractivity contribution is -0.187. The number of benzene rings is 1. The van der Waals surface area contributed by atoms with Crippen LogP contribution in [0.3, 0.4) is 0 Å². The highest BCUT2D eigenvalue weighted by atomic mass is 32.1. The number of anilines is 1. The number of ether oxygens (including phenoxy) is 1. The maximum atomic E-state index is 13.0. The molecule has 12 heteroatoms. The van der Waals surface area contributed by atoms with Gasteiger partial charge in [-0.2, -0.15) is 13.2 Å². The highest BCUT2D eigenvalue weighted by molar-refractivity contribution is 7.14. The van der Waals surface area contributed by atoms with Crippen LogP contribution < -0.4 is 10.1 Å². The quantitative estimate of drug-likeness (QED) is 0.457. The van der Waals surface area contributed by atoms with Gasteiger partial charge in [-0.3, -0.25) is 15.0 Å². The van der Waals surface area contributed by atoms with E-state index in [1.165, 1.54) is 49.0 Å². The molecule has 2 saturated heterocycles. The summed E-state index contributed by atoms with van der Waals surface area (Å²) in [5.41, 5.74) is 3.01. The van der Waals surface area contributed by atoms with Crippen molar-refractivity contribution in [3.8, 4) is 17.0 Å². The van der Waals surface area contributed by atoms with Gasteiger partial charge in [0, 0.05) is 56.8 Å². The van der Waals surface area contributed by atoms with Crippen molar-refractivity contribution in [1.82, 2.24) is 19.7 Å². The molecule has 3 heterocycles. The summed E-state index contributed by atoms with van der Waals surface area (Å²) in [7, 11) is 1.65. The number of rotatable bonds is 6. The molecule has 3 aliphatic rings. The lowest BCUT2D eigenvalue weighted by atomic mass is 9.83. The Labute approximate surface area is 242 Å². The fraction of sp³-hybridized carbons (Fsp3) is 0.621. The minimum atomic E-state index is -4.83. The number of amides is 3. The van der Waals surface area contributed by atoms with Crippen molar-refractivity contribution in [3.05, 3.63) is 29.1 Å². The highest BCUT2D eigenvalue weighted by Gasteiger charge is 2.43. The van der Waals surface area contributed by atoms with Gasteiger partial charge in [0.25, 0.3) is 0 Å². The molecule has 1 aromatic heterocycles.